The van der Waals surface area contributed by atoms with Gasteiger partial charge in [-0.3, -0.25) is 9.89 Å². The molecule has 20 heavy (non-hydrogen) atoms. The minimum absolute atomic E-state index is 0.260. The second-order valence-electron chi connectivity index (χ2n) is 4.30. The van der Waals surface area contributed by atoms with Gasteiger partial charge >= 0.3 is 0 Å². The summed E-state index contributed by atoms with van der Waals surface area (Å²) in [5.74, 6) is 0.827. The number of H-pyrrole nitrogens is 1. The lowest BCUT2D eigenvalue weighted by atomic mass is 10.2. The van der Waals surface area contributed by atoms with Crippen LogP contribution in [0.5, 0.6) is 5.75 Å². The van der Waals surface area contributed by atoms with Gasteiger partial charge in [0.05, 0.1) is 11.2 Å². The summed E-state index contributed by atoms with van der Waals surface area (Å²) in [6.07, 6.45) is 1.81. The minimum Gasteiger partial charge on any atom is -0.479 e. The van der Waals surface area contributed by atoms with Crippen molar-refractivity contribution in [3.05, 3.63) is 41.0 Å². The van der Waals surface area contributed by atoms with Crippen LogP contribution in [0.25, 0.3) is 0 Å². The van der Waals surface area contributed by atoms with E-state index in [-0.39, 0.29) is 5.91 Å². The fraction of sp³-hybridized carbons (Fsp3) is 0.286. The lowest BCUT2D eigenvalue weighted by Gasteiger charge is -2.15. The van der Waals surface area contributed by atoms with E-state index in [1.807, 2.05) is 6.92 Å². The molecule has 0 aliphatic rings. The number of carbonyl (C=O) groups excluding carboxylic acids is 1. The van der Waals surface area contributed by atoms with Crippen molar-refractivity contribution in [2.45, 2.75) is 26.4 Å². The van der Waals surface area contributed by atoms with Crippen LogP contribution in [0.1, 0.15) is 19.4 Å². The molecule has 0 saturated carbocycles. The van der Waals surface area contributed by atoms with E-state index in [1.165, 1.54) is 0 Å². The van der Waals surface area contributed by atoms with E-state index < -0.39 is 6.10 Å². The van der Waals surface area contributed by atoms with Gasteiger partial charge in [0.25, 0.3) is 5.91 Å². The van der Waals surface area contributed by atoms with E-state index in [4.69, 9.17) is 16.3 Å². The number of para-hydroxylation sites is 1. The molecule has 6 heteroatoms. The zero-order valence-electron chi connectivity index (χ0n) is 11.3. The summed E-state index contributed by atoms with van der Waals surface area (Å²) in [5, 5.41) is 9.89. The smallest absolute Gasteiger partial charge is 0.266 e. The number of ether oxygens (including phenoxy) is 1. The molecule has 1 aromatic heterocycles. The number of aryl methyl sites for hydroxylation is 1. The van der Waals surface area contributed by atoms with Gasteiger partial charge in [-0.1, -0.05) is 30.7 Å². The van der Waals surface area contributed by atoms with Crippen LogP contribution >= 0.6 is 11.6 Å². The van der Waals surface area contributed by atoms with Gasteiger partial charge in [0.15, 0.2) is 6.10 Å². The number of benzene rings is 1. The van der Waals surface area contributed by atoms with E-state index >= 15 is 0 Å². The van der Waals surface area contributed by atoms with Crippen LogP contribution < -0.4 is 10.1 Å². The highest BCUT2D eigenvalue weighted by Gasteiger charge is 2.17. The van der Waals surface area contributed by atoms with Crippen LogP contribution in [0, 0.1) is 0 Å². The molecule has 1 atom stereocenters. The summed E-state index contributed by atoms with van der Waals surface area (Å²) in [7, 11) is 0. The van der Waals surface area contributed by atoms with E-state index in [0.717, 1.165) is 12.0 Å². The summed E-state index contributed by atoms with van der Waals surface area (Å²) < 4.78 is 5.55. The molecule has 0 saturated heterocycles. The molecule has 2 rings (SSSR count). The average molecular weight is 294 g/mol. The maximum absolute atomic E-state index is 12.1. The molecule has 1 heterocycles. The first-order valence-corrected chi connectivity index (χ1v) is 6.74. The number of hydrogen-bond acceptors (Lipinski definition) is 3. The molecular weight excluding hydrogens is 278 g/mol. The van der Waals surface area contributed by atoms with E-state index in [2.05, 4.69) is 15.5 Å². The SMILES string of the molecule is CCc1cn[nH]c1NC(=O)[C@@H](C)Oc1ccccc1Cl. The number of hydrogen-bond donors (Lipinski definition) is 2. The summed E-state index contributed by atoms with van der Waals surface area (Å²) in [6, 6.07) is 7.04. The standard InChI is InChI=1S/C14H16ClN3O2/c1-3-10-8-16-18-13(10)17-14(19)9(2)20-12-7-5-4-6-11(12)15/h4-9H,3H2,1-2H3,(H2,16,17,18,19)/t9-/m1/s1. The third-order valence-electron chi connectivity index (χ3n) is 2.86. The summed E-state index contributed by atoms with van der Waals surface area (Å²) in [5.41, 5.74) is 0.947. The van der Waals surface area contributed by atoms with E-state index in [0.29, 0.717) is 16.6 Å². The highest BCUT2D eigenvalue weighted by molar-refractivity contribution is 6.32. The molecule has 0 fully saturated rings. The number of aromatic nitrogens is 2. The van der Waals surface area contributed by atoms with Crippen LogP contribution in [0.3, 0.4) is 0 Å². The number of anilines is 1. The number of aromatic amines is 1. The minimum atomic E-state index is -0.664. The molecule has 0 bridgehead atoms. The predicted molar refractivity (Wildman–Crippen MR) is 78.1 cm³/mol. The highest BCUT2D eigenvalue weighted by Crippen LogP contribution is 2.24. The van der Waals surface area contributed by atoms with Gasteiger partial charge in [0, 0.05) is 5.56 Å². The molecule has 0 spiro atoms. The molecule has 1 aromatic carbocycles. The number of rotatable bonds is 5. The van der Waals surface area contributed by atoms with Crippen molar-refractivity contribution >= 4 is 23.3 Å². The van der Waals surface area contributed by atoms with Gasteiger partial charge in [-0.05, 0) is 25.5 Å². The fourth-order valence-electron chi connectivity index (χ4n) is 1.70. The van der Waals surface area contributed by atoms with Gasteiger partial charge in [0.2, 0.25) is 0 Å². The Morgan fingerprint density at radius 2 is 2.25 bits per heavy atom. The van der Waals surface area contributed by atoms with Crippen molar-refractivity contribution in [2.75, 3.05) is 5.32 Å². The van der Waals surface area contributed by atoms with Crippen molar-refractivity contribution in [1.29, 1.82) is 0 Å². The third kappa shape index (κ3) is 3.30. The molecule has 106 valence electrons. The first kappa shape index (κ1) is 14.4. The van der Waals surface area contributed by atoms with E-state index in [9.17, 15) is 4.79 Å². The maximum atomic E-state index is 12.1. The van der Waals surface area contributed by atoms with Crippen molar-refractivity contribution in [3.8, 4) is 5.75 Å². The zero-order chi connectivity index (χ0) is 14.5. The van der Waals surface area contributed by atoms with Crippen LogP contribution in [0.2, 0.25) is 5.02 Å². The fourth-order valence-corrected chi connectivity index (χ4v) is 1.88. The zero-order valence-corrected chi connectivity index (χ0v) is 12.1. The Kier molecular flexibility index (Phi) is 4.63. The van der Waals surface area contributed by atoms with Gasteiger partial charge in [0.1, 0.15) is 11.6 Å². The van der Waals surface area contributed by atoms with Gasteiger partial charge in [-0.2, -0.15) is 5.10 Å². The summed E-state index contributed by atoms with van der Waals surface area (Å²) in [6.45, 7) is 3.66. The molecule has 2 N–H and O–H groups in total. The first-order chi connectivity index (χ1) is 9.61. The molecular formula is C14H16ClN3O2. The predicted octanol–water partition coefficient (Wildman–Crippen LogP) is 3.03. The highest BCUT2D eigenvalue weighted by atomic mass is 35.5. The normalized spacial score (nSPS) is 11.9. The van der Waals surface area contributed by atoms with Crippen LogP contribution in [-0.2, 0) is 11.2 Å². The average Bonchev–Trinajstić information content (AvgIpc) is 2.88. The Labute approximate surface area is 122 Å². The maximum Gasteiger partial charge on any atom is 0.266 e. The number of carbonyl (C=O) groups is 1. The van der Waals surface area contributed by atoms with Crippen LogP contribution in [-0.4, -0.2) is 22.2 Å². The van der Waals surface area contributed by atoms with Gasteiger partial charge in [-0.15, -0.1) is 0 Å². The monoisotopic (exact) mass is 293 g/mol. The molecule has 5 nitrogen and oxygen atoms in total. The quantitative estimate of drug-likeness (QED) is 0.890. The second-order valence-corrected chi connectivity index (χ2v) is 4.71. The largest absolute Gasteiger partial charge is 0.479 e. The number of nitrogens with zero attached hydrogens (tertiary/aromatic N) is 1. The third-order valence-corrected chi connectivity index (χ3v) is 3.17. The number of halogens is 1. The Morgan fingerprint density at radius 1 is 1.50 bits per heavy atom. The summed E-state index contributed by atoms with van der Waals surface area (Å²) in [4.78, 5) is 12.1. The van der Waals surface area contributed by atoms with Crippen molar-refractivity contribution in [2.24, 2.45) is 0 Å². The van der Waals surface area contributed by atoms with Crippen molar-refractivity contribution < 1.29 is 9.53 Å². The molecule has 0 aliphatic heterocycles. The molecule has 0 aliphatic carbocycles. The Bertz CT molecular complexity index is 598. The first-order valence-electron chi connectivity index (χ1n) is 6.36. The lowest BCUT2D eigenvalue weighted by molar-refractivity contribution is -0.122. The second kappa shape index (κ2) is 6.43. The van der Waals surface area contributed by atoms with Crippen LogP contribution in [0.4, 0.5) is 5.82 Å². The Hall–Kier alpha value is -2.01. The Morgan fingerprint density at radius 3 is 2.95 bits per heavy atom. The van der Waals surface area contributed by atoms with E-state index in [1.54, 1.807) is 37.4 Å². The molecule has 0 radical (unpaired) electrons. The van der Waals surface area contributed by atoms with Crippen molar-refractivity contribution in [1.82, 2.24) is 10.2 Å². The molecule has 0 unspecified atom stereocenters. The Balaban J connectivity index is 2.01. The van der Waals surface area contributed by atoms with Gasteiger partial charge < -0.3 is 10.1 Å². The molecule has 2 aromatic rings. The van der Waals surface area contributed by atoms with Crippen LogP contribution in [0.15, 0.2) is 30.5 Å². The van der Waals surface area contributed by atoms with Gasteiger partial charge in [-0.25, -0.2) is 0 Å². The molecule has 1 amide bonds. The lowest BCUT2D eigenvalue weighted by Crippen LogP contribution is -2.30. The summed E-state index contributed by atoms with van der Waals surface area (Å²) >= 11 is 5.99. The topological polar surface area (TPSA) is 67.0 Å². The number of amides is 1. The van der Waals surface area contributed by atoms with Crippen molar-refractivity contribution in [3.63, 3.8) is 0 Å². The number of nitrogens with one attached hydrogen (secondary N) is 2.